The van der Waals surface area contributed by atoms with Crippen LogP contribution < -0.4 is 10.1 Å². The molecule has 30 heavy (non-hydrogen) atoms. The molecule has 0 saturated carbocycles. The van der Waals surface area contributed by atoms with E-state index in [0.29, 0.717) is 11.4 Å². The molecule has 0 aliphatic carbocycles. The summed E-state index contributed by atoms with van der Waals surface area (Å²) in [6.45, 7) is -1.22. The van der Waals surface area contributed by atoms with E-state index in [1.165, 1.54) is 49.2 Å². The van der Waals surface area contributed by atoms with Crippen LogP contribution in [0.1, 0.15) is 23.7 Å². The van der Waals surface area contributed by atoms with Crippen molar-refractivity contribution in [3.8, 4) is 11.8 Å². The van der Waals surface area contributed by atoms with Gasteiger partial charge < -0.3 is 19.7 Å². The molecule has 158 valence electrons. The third kappa shape index (κ3) is 6.44. The van der Waals surface area contributed by atoms with Crippen molar-refractivity contribution in [1.82, 2.24) is 4.90 Å². The quantitative estimate of drug-likeness (QED) is 0.621. The van der Waals surface area contributed by atoms with Gasteiger partial charge in [0.25, 0.3) is 5.91 Å². The van der Waals surface area contributed by atoms with E-state index in [1.807, 2.05) is 6.07 Å². The van der Waals surface area contributed by atoms with Crippen LogP contribution in [0, 0.1) is 11.3 Å². The molecule has 0 bridgehead atoms. The smallest absolute Gasteiger partial charge is 0.387 e. The molecule has 7 nitrogen and oxygen atoms in total. The van der Waals surface area contributed by atoms with Crippen LogP contribution in [0.2, 0.25) is 0 Å². The first-order valence-electron chi connectivity index (χ1n) is 9.05. The molecular weight excluding hydrogens is 396 g/mol. The lowest BCUT2D eigenvalue weighted by Crippen LogP contribution is -2.38. The maximum Gasteiger partial charge on any atom is 0.387 e. The Bertz CT molecular complexity index is 913. The summed E-state index contributed by atoms with van der Waals surface area (Å²) in [6, 6.07) is 14.3. The highest BCUT2D eigenvalue weighted by molar-refractivity contribution is 5.98. The predicted molar refractivity (Wildman–Crippen MR) is 106 cm³/mol. The van der Waals surface area contributed by atoms with Gasteiger partial charge in [0, 0.05) is 19.3 Å². The molecule has 0 aliphatic heterocycles. The van der Waals surface area contributed by atoms with Crippen molar-refractivity contribution in [2.45, 2.75) is 26.1 Å². The Hall–Kier alpha value is -3.67. The van der Waals surface area contributed by atoms with Gasteiger partial charge in [-0.2, -0.15) is 14.0 Å². The summed E-state index contributed by atoms with van der Waals surface area (Å²) in [6.07, 6.45) is -0.850. The van der Waals surface area contributed by atoms with Crippen molar-refractivity contribution in [2.24, 2.45) is 0 Å². The van der Waals surface area contributed by atoms with Crippen molar-refractivity contribution in [1.29, 1.82) is 5.26 Å². The number of carbonyl (C=O) groups is 2. The van der Waals surface area contributed by atoms with Crippen LogP contribution in [-0.4, -0.2) is 43.1 Å². The number of carbonyl (C=O) groups excluding carboxylic acids is 2. The van der Waals surface area contributed by atoms with Crippen LogP contribution in [0.3, 0.4) is 0 Å². The van der Waals surface area contributed by atoms with Gasteiger partial charge in [-0.15, -0.1) is 0 Å². The van der Waals surface area contributed by atoms with E-state index in [4.69, 9.17) is 10.00 Å². The molecule has 2 aromatic rings. The summed E-state index contributed by atoms with van der Waals surface area (Å²) in [7, 11) is 1.53. The van der Waals surface area contributed by atoms with Crippen molar-refractivity contribution >= 4 is 23.3 Å². The SMILES string of the molecule is C[C@H](OC(=O)c1ccccc1Nc1ccc(OC(F)F)cc1)C(=O)N(C)CCC#N. The number of nitrogens with zero attached hydrogens (tertiary/aromatic N) is 2. The Morgan fingerprint density at radius 1 is 1.17 bits per heavy atom. The standard InChI is InChI=1S/C21H21F2N3O4/c1-14(19(27)26(2)13-5-12-24)29-20(28)17-6-3-4-7-18(17)25-15-8-10-16(11-9-15)30-21(22)23/h3-4,6-11,14,21,25H,5,13H2,1-2H3/t14-/m0/s1. The third-order valence-corrected chi connectivity index (χ3v) is 4.07. The molecule has 0 spiro atoms. The van der Waals surface area contributed by atoms with Crippen LogP contribution in [0.15, 0.2) is 48.5 Å². The number of rotatable bonds is 9. The summed E-state index contributed by atoms with van der Waals surface area (Å²) in [5.41, 5.74) is 1.16. The number of anilines is 2. The topological polar surface area (TPSA) is 91.7 Å². The number of ether oxygens (including phenoxy) is 2. The lowest BCUT2D eigenvalue weighted by atomic mass is 10.1. The largest absolute Gasteiger partial charge is 0.449 e. The van der Waals surface area contributed by atoms with Gasteiger partial charge in [-0.25, -0.2) is 4.79 Å². The molecule has 0 aliphatic rings. The van der Waals surface area contributed by atoms with Gasteiger partial charge in [-0.1, -0.05) is 12.1 Å². The summed E-state index contributed by atoms with van der Waals surface area (Å²) in [5.74, 6) is -1.11. The zero-order valence-electron chi connectivity index (χ0n) is 16.5. The van der Waals surface area contributed by atoms with E-state index >= 15 is 0 Å². The lowest BCUT2D eigenvalue weighted by molar-refractivity contribution is -0.138. The van der Waals surface area contributed by atoms with E-state index in [1.54, 1.807) is 18.2 Å². The highest BCUT2D eigenvalue weighted by atomic mass is 19.3. The Kier molecular flexibility index (Phi) is 8.11. The molecule has 1 N–H and O–H groups in total. The van der Waals surface area contributed by atoms with E-state index in [-0.39, 0.29) is 24.3 Å². The molecule has 2 rings (SSSR count). The number of esters is 1. The zero-order valence-corrected chi connectivity index (χ0v) is 16.5. The Balaban J connectivity index is 2.07. The second kappa shape index (κ2) is 10.8. The molecule has 0 saturated heterocycles. The van der Waals surface area contributed by atoms with Gasteiger partial charge >= 0.3 is 12.6 Å². The van der Waals surface area contributed by atoms with Crippen LogP contribution in [0.25, 0.3) is 0 Å². The second-order valence-corrected chi connectivity index (χ2v) is 6.29. The van der Waals surface area contributed by atoms with E-state index < -0.39 is 24.6 Å². The van der Waals surface area contributed by atoms with Crippen LogP contribution in [-0.2, 0) is 9.53 Å². The number of likely N-dealkylation sites (N-methyl/N-ethyl adjacent to an activating group) is 1. The predicted octanol–water partition coefficient (Wildman–Crippen LogP) is 3.95. The molecular formula is C21H21F2N3O4. The van der Waals surface area contributed by atoms with E-state index in [2.05, 4.69) is 10.1 Å². The number of benzene rings is 2. The first-order valence-corrected chi connectivity index (χ1v) is 9.05. The van der Waals surface area contributed by atoms with Gasteiger partial charge in [0.1, 0.15) is 5.75 Å². The average molecular weight is 417 g/mol. The van der Waals surface area contributed by atoms with Gasteiger partial charge in [0.2, 0.25) is 0 Å². The molecule has 9 heteroatoms. The summed E-state index contributed by atoms with van der Waals surface area (Å²) < 4.78 is 34.1. The van der Waals surface area contributed by atoms with E-state index in [9.17, 15) is 18.4 Å². The maximum atomic E-state index is 12.6. The van der Waals surface area contributed by atoms with Gasteiger partial charge in [-0.05, 0) is 43.3 Å². The Morgan fingerprint density at radius 3 is 2.47 bits per heavy atom. The number of hydrogen-bond acceptors (Lipinski definition) is 6. The first kappa shape index (κ1) is 22.6. The minimum Gasteiger partial charge on any atom is -0.449 e. The molecule has 1 amide bonds. The normalized spacial score (nSPS) is 11.3. The average Bonchev–Trinajstić information content (AvgIpc) is 2.72. The zero-order chi connectivity index (χ0) is 22.1. The molecule has 0 heterocycles. The monoisotopic (exact) mass is 417 g/mol. The maximum absolute atomic E-state index is 12.6. The van der Waals surface area contributed by atoms with Crippen LogP contribution >= 0.6 is 0 Å². The van der Waals surface area contributed by atoms with Gasteiger partial charge in [0.05, 0.1) is 23.7 Å². The molecule has 0 radical (unpaired) electrons. The molecule has 1 atom stereocenters. The number of alkyl halides is 2. The van der Waals surface area contributed by atoms with Gasteiger partial charge in [-0.3, -0.25) is 4.79 Å². The third-order valence-electron chi connectivity index (χ3n) is 4.07. The molecule has 0 fully saturated rings. The lowest BCUT2D eigenvalue weighted by Gasteiger charge is -2.21. The number of nitriles is 1. The molecule has 0 unspecified atom stereocenters. The molecule has 0 aromatic heterocycles. The summed E-state index contributed by atoms with van der Waals surface area (Å²) in [4.78, 5) is 26.2. The number of halogens is 2. The fourth-order valence-corrected chi connectivity index (χ4v) is 2.56. The van der Waals surface area contributed by atoms with Crippen LogP contribution in [0.4, 0.5) is 20.2 Å². The Labute approximate surface area is 172 Å². The first-order chi connectivity index (χ1) is 14.3. The van der Waals surface area contributed by atoms with Crippen molar-refractivity contribution in [3.63, 3.8) is 0 Å². The minimum atomic E-state index is -2.91. The fraction of sp³-hybridized carbons (Fsp3) is 0.286. The van der Waals surface area contributed by atoms with Crippen LogP contribution in [0.5, 0.6) is 5.75 Å². The van der Waals surface area contributed by atoms with Crippen molar-refractivity contribution in [3.05, 3.63) is 54.1 Å². The second-order valence-electron chi connectivity index (χ2n) is 6.29. The highest BCUT2D eigenvalue weighted by Crippen LogP contribution is 2.24. The minimum absolute atomic E-state index is 0.0103. The fourth-order valence-electron chi connectivity index (χ4n) is 2.56. The van der Waals surface area contributed by atoms with Crippen molar-refractivity contribution < 1.29 is 27.8 Å². The number of nitrogens with one attached hydrogen (secondary N) is 1. The number of para-hydroxylation sites is 1. The summed E-state index contributed by atoms with van der Waals surface area (Å²) in [5, 5.41) is 11.6. The highest BCUT2D eigenvalue weighted by Gasteiger charge is 2.23. The number of hydrogen-bond donors (Lipinski definition) is 1. The Morgan fingerprint density at radius 2 is 1.83 bits per heavy atom. The van der Waals surface area contributed by atoms with Gasteiger partial charge in [0.15, 0.2) is 6.10 Å². The van der Waals surface area contributed by atoms with E-state index in [0.717, 1.165) is 0 Å². The number of amides is 1. The molecule has 2 aromatic carbocycles. The van der Waals surface area contributed by atoms with Crippen molar-refractivity contribution in [2.75, 3.05) is 18.9 Å². The summed E-state index contributed by atoms with van der Waals surface area (Å²) >= 11 is 0.